The smallest absolute Gasteiger partial charge is 0.102 e. The van der Waals surface area contributed by atoms with Gasteiger partial charge in [-0.2, -0.15) is 0 Å². The molecule has 114 valence electrons. The first-order chi connectivity index (χ1) is 9.45. The SMILES string of the molecule is CCCOCCOCC(O)c1ccc(C(C)(C)C)cc1. The van der Waals surface area contributed by atoms with Crippen molar-refractivity contribution in [2.24, 2.45) is 0 Å². The number of benzene rings is 1. The van der Waals surface area contributed by atoms with Gasteiger partial charge in [0.25, 0.3) is 0 Å². The second-order valence-electron chi connectivity index (χ2n) is 6.08. The molecule has 3 nitrogen and oxygen atoms in total. The van der Waals surface area contributed by atoms with Crippen LogP contribution in [-0.2, 0) is 14.9 Å². The van der Waals surface area contributed by atoms with E-state index in [2.05, 4.69) is 39.8 Å². The molecule has 1 atom stereocenters. The Kier molecular flexibility index (Phi) is 7.20. The van der Waals surface area contributed by atoms with E-state index in [1.807, 2.05) is 12.1 Å². The van der Waals surface area contributed by atoms with Gasteiger partial charge >= 0.3 is 0 Å². The van der Waals surface area contributed by atoms with E-state index in [4.69, 9.17) is 9.47 Å². The molecule has 20 heavy (non-hydrogen) atoms. The van der Waals surface area contributed by atoms with Gasteiger partial charge in [-0.15, -0.1) is 0 Å². The summed E-state index contributed by atoms with van der Waals surface area (Å²) in [4.78, 5) is 0. The maximum Gasteiger partial charge on any atom is 0.102 e. The van der Waals surface area contributed by atoms with Crippen molar-refractivity contribution >= 4 is 0 Å². The van der Waals surface area contributed by atoms with E-state index >= 15 is 0 Å². The minimum absolute atomic E-state index is 0.136. The number of aliphatic hydroxyl groups is 1. The zero-order valence-corrected chi connectivity index (χ0v) is 13.2. The molecule has 0 radical (unpaired) electrons. The molecule has 1 unspecified atom stereocenters. The monoisotopic (exact) mass is 280 g/mol. The third kappa shape index (κ3) is 6.04. The van der Waals surface area contributed by atoms with Crippen LogP contribution in [0.15, 0.2) is 24.3 Å². The Morgan fingerprint density at radius 3 is 2.15 bits per heavy atom. The largest absolute Gasteiger partial charge is 0.386 e. The summed E-state index contributed by atoms with van der Waals surface area (Å²) in [6.45, 7) is 10.8. The zero-order valence-electron chi connectivity index (χ0n) is 13.2. The van der Waals surface area contributed by atoms with E-state index in [1.54, 1.807) is 0 Å². The van der Waals surface area contributed by atoms with Gasteiger partial charge in [0, 0.05) is 6.61 Å². The fourth-order valence-electron chi connectivity index (χ4n) is 1.86. The summed E-state index contributed by atoms with van der Waals surface area (Å²) in [5.74, 6) is 0. The van der Waals surface area contributed by atoms with Crippen molar-refractivity contribution in [3.05, 3.63) is 35.4 Å². The Morgan fingerprint density at radius 2 is 1.60 bits per heavy atom. The predicted molar refractivity (Wildman–Crippen MR) is 82.0 cm³/mol. The highest BCUT2D eigenvalue weighted by molar-refractivity contribution is 5.28. The van der Waals surface area contributed by atoms with E-state index in [9.17, 15) is 5.11 Å². The molecule has 1 aromatic rings. The highest BCUT2D eigenvalue weighted by atomic mass is 16.5. The molecule has 1 N–H and O–H groups in total. The molecule has 1 rings (SSSR count). The molecule has 0 amide bonds. The molecule has 0 aliphatic rings. The molecule has 0 saturated carbocycles. The zero-order chi connectivity index (χ0) is 15.0. The number of hydrogen-bond donors (Lipinski definition) is 1. The third-order valence-electron chi connectivity index (χ3n) is 3.16. The first-order valence-corrected chi connectivity index (χ1v) is 7.39. The maximum absolute atomic E-state index is 10.1. The van der Waals surface area contributed by atoms with Gasteiger partial charge in [-0.25, -0.2) is 0 Å². The molecule has 0 saturated heterocycles. The van der Waals surface area contributed by atoms with E-state index < -0.39 is 6.10 Å². The lowest BCUT2D eigenvalue weighted by Gasteiger charge is -2.20. The molecule has 0 aliphatic heterocycles. The standard InChI is InChI=1S/C17H28O3/c1-5-10-19-11-12-20-13-16(18)14-6-8-15(9-7-14)17(2,3)4/h6-9,16,18H,5,10-13H2,1-4H3. The van der Waals surface area contributed by atoms with E-state index in [0.717, 1.165) is 18.6 Å². The molecule has 3 heteroatoms. The van der Waals surface area contributed by atoms with Gasteiger partial charge in [0.15, 0.2) is 0 Å². The summed E-state index contributed by atoms with van der Waals surface area (Å²) >= 11 is 0. The Hall–Kier alpha value is -0.900. The van der Waals surface area contributed by atoms with E-state index in [0.29, 0.717) is 19.8 Å². The topological polar surface area (TPSA) is 38.7 Å². The van der Waals surface area contributed by atoms with Crippen LogP contribution in [0.4, 0.5) is 0 Å². The van der Waals surface area contributed by atoms with Crippen LogP contribution in [0, 0.1) is 0 Å². The van der Waals surface area contributed by atoms with Crippen molar-refractivity contribution in [3.63, 3.8) is 0 Å². The molecule has 0 aliphatic carbocycles. The van der Waals surface area contributed by atoms with Gasteiger partial charge in [-0.1, -0.05) is 52.0 Å². The minimum Gasteiger partial charge on any atom is -0.386 e. The lowest BCUT2D eigenvalue weighted by Crippen LogP contribution is -2.13. The lowest BCUT2D eigenvalue weighted by molar-refractivity contribution is 0.00326. The van der Waals surface area contributed by atoms with Crippen molar-refractivity contribution in [2.45, 2.75) is 45.6 Å². The van der Waals surface area contributed by atoms with Crippen LogP contribution < -0.4 is 0 Å². The Bertz CT molecular complexity index is 365. The highest BCUT2D eigenvalue weighted by Gasteiger charge is 2.14. The molecule has 0 heterocycles. The van der Waals surface area contributed by atoms with Gasteiger partial charge in [0.05, 0.1) is 19.8 Å². The molecular formula is C17H28O3. The van der Waals surface area contributed by atoms with Crippen molar-refractivity contribution in [1.29, 1.82) is 0 Å². The maximum atomic E-state index is 10.1. The van der Waals surface area contributed by atoms with Gasteiger partial charge < -0.3 is 14.6 Å². The molecule has 0 aromatic heterocycles. The van der Waals surface area contributed by atoms with Crippen LogP contribution in [0.1, 0.15) is 51.3 Å². The van der Waals surface area contributed by atoms with Crippen molar-refractivity contribution in [2.75, 3.05) is 26.4 Å². The average Bonchev–Trinajstić information content (AvgIpc) is 2.41. The van der Waals surface area contributed by atoms with Crippen molar-refractivity contribution < 1.29 is 14.6 Å². The van der Waals surface area contributed by atoms with Crippen molar-refractivity contribution in [3.8, 4) is 0 Å². The molecule has 0 fully saturated rings. The van der Waals surface area contributed by atoms with Crippen molar-refractivity contribution in [1.82, 2.24) is 0 Å². The molecular weight excluding hydrogens is 252 g/mol. The second kappa shape index (κ2) is 8.40. The summed E-state index contributed by atoms with van der Waals surface area (Å²) in [6, 6.07) is 8.09. The van der Waals surface area contributed by atoms with Crippen LogP contribution in [0.25, 0.3) is 0 Å². The molecule has 1 aromatic carbocycles. The first-order valence-electron chi connectivity index (χ1n) is 7.39. The first kappa shape index (κ1) is 17.2. The quantitative estimate of drug-likeness (QED) is 0.741. The average molecular weight is 280 g/mol. The van der Waals surface area contributed by atoms with E-state index in [1.165, 1.54) is 5.56 Å². The number of ether oxygens (including phenoxy) is 2. The third-order valence-corrected chi connectivity index (χ3v) is 3.16. The highest BCUT2D eigenvalue weighted by Crippen LogP contribution is 2.24. The summed E-state index contributed by atoms with van der Waals surface area (Å²) in [7, 11) is 0. The van der Waals surface area contributed by atoms with Gasteiger partial charge in [0.1, 0.15) is 6.10 Å². The fourth-order valence-corrected chi connectivity index (χ4v) is 1.86. The van der Waals surface area contributed by atoms with Crippen LogP contribution in [0.2, 0.25) is 0 Å². The lowest BCUT2D eigenvalue weighted by atomic mass is 9.86. The van der Waals surface area contributed by atoms with Crippen LogP contribution in [0.3, 0.4) is 0 Å². The second-order valence-corrected chi connectivity index (χ2v) is 6.08. The van der Waals surface area contributed by atoms with Gasteiger partial charge in [-0.3, -0.25) is 0 Å². The fraction of sp³-hybridized carbons (Fsp3) is 0.647. The minimum atomic E-state index is -0.574. The van der Waals surface area contributed by atoms with E-state index in [-0.39, 0.29) is 5.41 Å². The Balaban J connectivity index is 2.34. The van der Waals surface area contributed by atoms with Gasteiger partial charge in [-0.05, 0) is 23.0 Å². The van der Waals surface area contributed by atoms with Gasteiger partial charge in [0.2, 0.25) is 0 Å². The summed E-state index contributed by atoms with van der Waals surface area (Å²) in [6.07, 6.45) is 0.443. The summed E-state index contributed by atoms with van der Waals surface area (Å²) < 4.78 is 10.7. The molecule has 0 bridgehead atoms. The predicted octanol–water partition coefficient (Wildman–Crippen LogP) is 3.46. The van der Waals surface area contributed by atoms with Crippen LogP contribution in [0.5, 0.6) is 0 Å². The Labute approximate surface area is 122 Å². The number of aliphatic hydroxyl groups excluding tert-OH is 1. The summed E-state index contributed by atoms with van der Waals surface area (Å²) in [5, 5.41) is 10.1. The van der Waals surface area contributed by atoms with Crippen LogP contribution in [-0.4, -0.2) is 31.5 Å². The van der Waals surface area contributed by atoms with Crippen LogP contribution >= 0.6 is 0 Å². The number of rotatable bonds is 8. The normalized spacial score (nSPS) is 13.4. The number of hydrogen-bond acceptors (Lipinski definition) is 3. The summed E-state index contributed by atoms with van der Waals surface area (Å²) in [5.41, 5.74) is 2.30. The molecule has 0 spiro atoms. The Morgan fingerprint density at radius 1 is 1.00 bits per heavy atom.